The molecule has 2 aromatic rings. The van der Waals surface area contributed by atoms with Crippen LogP contribution in [0.15, 0.2) is 22.7 Å². The van der Waals surface area contributed by atoms with Crippen LogP contribution in [-0.4, -0.2) is 28.9 Å². The molecule has 1 aromatic carbocycles. The molecule has 0 radical (unpaired) electrons. The van der Waals surface area contributed by atoms with Crippen LogP contribution in [0.25, 0.3) is 0 Å². The van der Waals surface area contributed by atoms with Crippen molar-refractivity contribution >= 4 is 5.91 Å². The Morgan fingerprint density at radius 2 is 2.16 bits per heavy atom. The molecule has 1 aliphatic heterocycles. The first kappa shape index (κ1) is 16.1. The van der Waals surface area contributed by atoms with Crippen LogP contribution in [0.2, 0.25) is 0 Å². The molecular weight excluding hydrogens is 320 g/mol. The lowest BCUT2D eigenvalue weighted by molar-refractivity contribution is 0.0235. The van der Waals surface area contributed by atoms with Crippen molar-refractivity contribution in [2.45, 2.75) is 45.3 Å². The van der Waals surface area contributed by atoms with E-state index in [0.29, 0.717) is 36.5 Å². The summed E-state index contributed by atoms with van der Waals surface area (Å²) in [5.41, 5.74) is 3.31. The Hall–Kier alpha value is -2.34. The molecule has 1 atom stereocenters. The molecule has 0 bridgehead atoms. The minimum absolute atomic E-state index is 0.143. The normalized spacial score (nSPS) is 22.7. The standard InChI is InChI=1S/C19H22N2O4/c1-10-17(11(2)25-21-10)19(23)20-18(14-8-15(22)9-14)13-3-4-16-12(7-13)5-6-24-16/h3-4,7,14-15,18,22H,5-6,8-9H2,1-2H3,(H,20,23). The largest absolute Gasteiger partial charge is 0.493 e. The SMILES string of the molecule is Cc1noc(C)c1C(=O)NC(c1ccc2c(c1)CCO2)C1CC(O)C1. The maximum Gasteiger partial charge on any atom is 0.257 e. The van der Waals surface area contributed by atoms with Crippen molar-refractivity contribution in [1.29, 1.82) is 0 Å². The van der Waals surface area contributed by atoms with E-state index in [1.54, 1.807) is 13.8 Å². The topological polar surface area (TPSA) is 84.6 Å². The molecule has 1 aromatic heterocycles. The summed E-state index contributed by atoms with van der Waals surface area (Å²) in [5, 5.41) is 16.7. The number of aromatic nitrogens is 1. The number of hydrogen-bond acceptors (Lipinski definition) is 5. The van der Waals surface area contributed by atoms with Crippen LogP contribution >= 0.6 is 0 Å². The first-order valence-electron chi connectivity index (χ1n) is 8.70. The molecule has 25 heavy (non-hydrogen) atoms. The van der Waals surface area contributed by atoms with Gasteiger partial charge in [0.25, 0.3) is 5.91 Å². The van der Waals surface area contributed by atoms with E-state index in [2.05, 4.69) is 16.5 Å². The number of carbonyl (C=O) groups is 1. The number of carbonyl (C=O) groups excluding carboxylic acids is 1. The van der Waals surface area contributed by atoms with E-state index in [-0.39, 0.29) is 24.0 Å². The van der Waals surface area contributed by atoms with Crippen molar-refractivity contribution in [1.82, 2.24) is 10.5 Å². The van der Waals surface area contributed by atoms with Gasteiger partial charge >= 0.3 is 0 Å². The molecule has 2 N–H and O–H groups in total. The molecule has 1 unspecified atom stereocenters. The minimum atomic E-state index is -0.277. The van der Waals surface area contributed by atoms with Gasteiger partial charge in [-0.15, -0.1) is 0 Å². The first-order valence-corrected chi connectivity index (χ1v) is 8.70. The third-order valence-corrected chi connectivity index (χ3v) is 5.24. The van der Waals surface area contributed by atoms with Crippen LogP contribution in [-0.2, 0) is 6.42 Å². The molecule has 6 nitrogen and oxygen atoms in total. The maximum absolute atomic E-state index is 12.8. The van der Waals surface area contributed by atoms with E-state index in [9.17, 15) is 9.90 Å². The van der Waals surface area contributed by atoms with Gasteiger partial charge in [-0.1, -0.05) is 11.2 Å². The fourth-order valence-corrected chi connectivity index (χ4v) is 3.80. The van der Waals surface area contributed by atoms with Crippen molar-refractivity contribution in [2.24, 2.45) is 5.92 Å². The second-order valence-electron chi connectivity index (χ2n) is 7.00. The molecule has 1 saturated carbocycles. The summed E-state index contributed by atoms with van der Waals surface area (Å²) in [5.74, 6) is 1.48. The molecular formula is C19H22N2O4. The zero-order chi connectivity index (χ0) is 17.6. The van der Waals surface area contributed by atoms with E-state index >= 15 is 0 Å². The molecule has 0 saturated heterocycles. The molecule has 1 aliphatic carbocycles. The van der Waals surface area contributed by atoms with Gasteiger partial charge in [0.2, 0.25) is 0 Å². The van der Waals surface area contributed by atoms with E-state index in [0.717, 1.165) is 17.7 Å². The second-order valence-corrected chi connectivity index (χ2v) is 7.00. The van der Waals surface area contributed by atoms with Crippen LogP contribution < -0.4 is 10.1 Å². The first-order chi connectivity index (χ1) is 12.0. The molecule has 132 valence electrons. The van der Waals surface area contributed by atoms with E-state index in [1.165, 1.54) is 5.56 Å². The summed E-state index contributed by atoms with van der Waals surface area (Å²) in [4.78, 5) is 12.8. The zero-order valence-electron chi connectivity index (χ0n) is 14.4. The van der Waals surface area contributed by atoms with E-state index in [4.69, 9.17) is 9.26 Å². The van der Waals surface area contributed by atoms with Crippen LogP contribution in [0, 0.1) is 19.8 Å². The predicted molar refractivity (Wildman–Crippen MR) is 90.6 cm³/mol. The Balaban J connectivity index is 1.62. The monoisotopic (exact) mass is 342 g/mol. The lowest BCUT2D eigenvalue weighted by Crippen LogP contribution is -2.41. The van der Waals surface area contributed by atoms with Gasteiger partial charge in [-0.2, -0.15) is 0 Å². The average molecular weight is 342 g/mol. The number of fused-ring (bicyclic) bond motifs is 1. The van der Waals surface area contributed by atoms with Gasteiger partial charge in [0.1, 0.15) is 17.1 Å². The highest BCUT2D eigenvalue weighted by molar-refractivity contribution is 5.96. The van der Waals surface area contributed by atoms with Gasteiger partial charge in [-0.05, 0) is 55.9 Å². The fourth-order valence-electron chi connectivity index (χ4n) is 3.80. The van der Waals surface area contributed by atoms with Crippen molar-refractivity contribution in [3.63, 3.8) is 0 Å². The summed E-state index contributed by atoms with van der Waals surface area (Å²) in [6.07, 6.45) is 2.00. The number of benzene rings is 1. The average Bonchev–Trinajstić information content (AvgIpc) is 3.15. The molecule has 6 heteroatoms. The van der Waals surface area contributed by atoms with Crippen molar-refractivity contribution < 1.29 is 19.2 Å². The molecule has 2 aliphatic rings. The van der Waals surface area contributed by atoms with Crippen molar-refractivity contribution in [3.8, 4) is 5.75 Å². The number of hydrogen-bond donors (Lipinski definition) is 2. The zero-order valence-corrected chi connectivity index (χ0v) is 14.4. The van der Waals surface area contributed by atoms with Crippen molar-refractivity contribution in [3.05, 3.63) is 46.3 Å². The van der Waals surface area contributed by atoms with Gasteiger partial charge in [-0.3, -0.25) is 4.79 Å². The van der Waals surface area contributed by atoms with Crippen LogP contribution in [0.3, 0.4) is 0 Å². The number of rotatable bonds is 4. The molecule has 1 amide bonds. The van der Waals surface area contributed by atoms with Crippen LogP contribution in [0.1, 0.15) is 51.8 Å². The molecule has 1 fully saturated rings. The van der Waals surface area contributed by atoms with Gasteiger partial charge in [0, 0.05) is 6.42 Å². The van der Waals surface area contributed by atoms with E-state index in [1.807, 2.05) is 12.1 Å². The highest BCUT2D eigenvalue weighted by atomic mass is 16.5. The quantitative estimate of drug-likeness (QED) is 0.892. The smallest absolute Gasteiger partial charge is 0.257 e. The van der Waals surface area contributed by atoms with E-state index < -0.39 is 0 Å². The van der Waals surface area contributed by atoms with Crippen molar-refractivity contribution in [2.75, 3.05) is 6.61 Å². The third kappa shape index (κ3) is 2.91. The van der Waals surface area contributed by atoms with Gasteiger partial charge in [-0.25, -0.2) is 0 Å². The maximum atomic E-state index is 12.8. The van der Waals surface area contributed by atoms with Crippen LogP contribution in [0.5, 0.6) is 5.75 Å². The second kappa shape index (κ2) is 6.19. The Morgan fingerprint density at radius 3 is 2.84 bits per heavy atom. The van der Waals surface area contributed by atoms with Gasteiger partial charge in [0.05, 0.1) is 24.4 Å². The number of amides is 1. The Morgan fingerprint density at radius 1 is 1.36 bits per heavy atom. The number of aryl methyl sites for hydroxylation is 2. The van der Waals surface area contributed by atoms with Crippen LogP contribution in [0.4, 0.5) is 0 Å². The summed E-state index contributed by atoms with van der Waals surface area (Å²) in [6, 6.07) is 5.95. The predicted octanol–water partition coefficient (Wildman–Crippen LogP) is 2.47. The Labute approximate surface area is 146 Å². The fraction of sp³-hybridized carbons (Fsp3) is 0.474. The molecule has 0 spiro atoms. The summed E-state index contributed by atoms with van der Waals surface area (Å²) < 4.78 is 10.7. The number of ether oxygens (including phenoxy) is 1. The summed E-state index contributed by atoms with van der Waals surface area (Å²) in [6.45, 7) is 4.21. The number of nitrogens with one attached hydrogen (secondary N) is 1. The number of aliphatic hydroxyl groups excluding tert-OH is 1. The Kier molecular flexibility index (Phi) is 4.00. The molecule has 4 rings (SSSR count). The lowest BCUT2D eigenvalue weighted by atomic mass is 9.74. The third-order valence-electron chi connectivity index (χ3n) is 5.24. The minimum Gasteiger partial charge on any atom is -0.493 e. The van der Waals surface area contributed by atoms with Gasteiger partial charge < -0.3 is 19.7 Å². The molecule has 2 heterocycles. The summed E-state index contributed by atoms with van der Waals surface area (Å²) >= 11 is 0. The highest BCUT2D eigenvalue weighted by Crippen LogP contribution is 2.40. The summed E-state index contributed by atoms with van der Waals surface area (Å²) in [7, 11) is 0. The Bertz CT molecular complexity index is 788. The highest BCUT2D eigenvalue weighted by Gasteiger charge is 2.36. The lowest BCUT2D eigenvalue weighted by Gasteiger charge is -2.38. The van der Waals surface area contributed by atoms with Gasteiger partial charge in [0.15, 0.2) is 0 Å². The number of nitrogens with zero attached hydrogens (tertiary/aromatic N) is 1. The number of aliphatic hydroxyl groups is 1.